The van der Waals surface area contributed by atoms with E-state index in [0.29, 0.717) is 0 Å². The molecule has 0 atom stereocenters. The molecule has 35 valence electrons. The van der Waals surface area contributed by atoms with Crippen molar-refractivity contribution in [3.05, 3.63) is 12.2 Å². The summed E-state index contributed by atoms with van der Waals surface area (Å²) in [6.07, 6.45) is 1.80. The van der Waals surface area contributed by atoms with Crippen LogP contribution in [0.5, 0.6) is 0 Å². The SMILES string of the molecule is C=C1[B]N=CCN1. The number of nitrogens with one attached hydrogen (secondary N) is 1. The highest BCUT2D eigenvalue weighted by molar-refractivity contribution is 6.44. The lowest BCUT2D eigenvalue weighted by atomic mass is 9.90. The molecule has 0 aromatic rings. The van der Waals surface area contributed by atoms with Crippen molar-refractivity contribution in [1.29, 1.82) is 0 Å². The molecule has 1 radical (unpaired) electrons. The van der Waals surface area contributed by atoms with E-state index in [2.05, 4.69) is 16.8 Å². The van der Waals surface area contributed by atoms with Crippen LogP contribution in [0.25, 0.3) is 0 Å². The molecule has 1 N–H and O–H groups in total. The van der Waals surface area contributed by atoms with E-state index in [9.17, 15) is 0 Å². The van der Waals surface area contributed by atoms with Crippen molar-refractivity contribution in [2.45, 2.75) is 0 Å². The van der Waals surface area contributed by atoms with Gasteiger partial charge in [-0.2, -0.15) is 0 Å². The van der Waals surface area contributed by atoms with Gasteiger partial charge in [0.05, 0.1) is 0 Å². The summed E-state index contributed by atoms with van der Waals surface area (Å²) in [5.41, 5.74) is 0.891. The van der Waals surface area contributed by atoms with Crippen LogP contribution in [0.15, 0.2) is 17.1 Å². The van der Waals surface area contributed by atoms with Crippen LogP contribution in [-0.4, -0.2) is 20.2 Å². The van der Waals surface area contributed by atoms with Gasteiger partial charge in [-0.25, -0.2) is 0 Å². The van der Waals surface area contributed by atoms with Gasteiger partial charge in [-0.15, -0.1) is 0 Å². The lowest BCUT2D eigenvalue weighted by molar-refractivity contribution is 0.994. The second kappa shape index (κ2) is 1.82. The first kappa shape index (κ1) is 4.43. The van der Waals surface area contributed by atoms with E-state index < -0.39 is 0 Å². The standard InChI is InChI=1S/C4H6BN2/c1-4-5-7-3-2-6-4/h3,6H,1-2H2. The molecule has 1 heterocycles. The lowest BCUT2D eigenvalue weighted by Crippen LogP contribution is -2.23. The Hall–Kier alpha value is -0.725. The second-order valence-corrected chi connectivity index (χ2v) is 1.37. The van der Waals surface area contributed by atoms with Gasteiger partial charge in [0, 0.05) is 12.8 Å². The van der Waals surface area contributed by atoms with E-state index in [1.54, 1.807) is 13.6 Å². The second-order valence-electron chi connectivity index (χ2n) is 1.37. The minimum Gasteiger partial charge on any atom is -0.390 e. The van der Waals surface area contributed by atoms with E-state index in [4.69, 9.17) is 0 Å². The number of hydrogen-bond acceptors (Lipinski definition) is 2. The summed E-state index contributed by atoms with van der Waals surface area (Å²) in [6.45, 7) is 4.45. The molecular formula is C4H6BN2. The molecule has 0 aromatic heterocycles. The van der Waals surface area contributed by atoms with E-state index >= 15 is 0 Å². The molecule has 1 aliphatic heterocycles. The first-order chi connectivity index (χ1) is 3.39. The zero-order valence-corrected chi connectivity index (χ0v) is 4.02. The molecule has 3 heteroatoms. The monoisotopic (exact) mass is 93.1 g/mol. The third kappa shape index (κ3) is 1.07. The smallest absolute Gasteiger partial charge is 0.329 e. The van der Waals surface area contributed by atoms with Crippen molar-refractivity contribution in [3.8, 4) is 0 Å². The zero-order chi connectivity index (χ0) is 5.11. The van der Waals surface area contributed by atoms with Crippen molar-refractivity contribution >= 4 is 13.6 Å². The fourth-order valence-corrected chi connectivity index (χ4v) is 0.418. The molecule has 7 heavy (non-hydrogen) atoms. The average molecular weight is 92.9 g/mol. The Labute approximate surface area is 43.6 Å². The molecule has 0 saturated heterocycles. The molecule has 0 fully saturated rings. The largest absolute Gasteiger partial charge is 0.390 e. The van der Waals surface area contributed by atoms with Crippen LogP contribution < -0.4 is 5.32 Å². The zero-order valence-electron chi connectivity index (χ0n) is 4.02. The summed E-state index contributed by atoms with van der Waals surface area (Å²) in [5, 5.41) is 2.98. The van der Waals surface area contributed by atoms with E-state index in [0.717, 1.165) is 12.1 Å². The predicted octanol–water partition coefficient (Wildman–Crippen LogP) is -0.249. The molecule has 1 rings (SSSR count). The minimum absolute atomic E-state index is 0.815. The number of hydrogen-bond donors (Lipinski definition) is 1. The molecule has 0 aromatic carbocycles. The van der Waals surface area contributed by atoms with Gasteiger partial charge in [0.15, 0.2) is 0 Å². The van der Waals surface area contributed by atoms with Crippen molar-refractivity contribution in [1.82, 2.24) is 5.32 Å². The Balaban J connectivity index is 2.47. The van der Waals surface area contributed by atoms with Crippen LogP contribution in [0.3, 0.4) is 0 Å². The minimum atomic E-state index is 0.815. The van der Waals surface area contributed by atoms with Gasteiger partial charge in [-0.05, 0) is 5.60 Å². The first-order valence-electron chi connectivity index (χ1n) is 2.17. The third-order valence-corrected chi connectivity index (χ3v) is 0.756. The third-order valence-electron chi connectivity index (χ3n) is 0.756. The summed E-state index contributed by atoms with van der Waals surface area (Å²) in [7, 11) is 1.70. The van der Waals surface area contributed by atoms with Crippen molar-refractivity contribution in [3.63, 3.8) is 0 Å². The average Bonchev–Trinajstić information content (AvgIpc) is 1.69. The Kier molecular flexibility index (Phi) is 1.15. The number of rotatable bonds is 0. The van der Waals surface area contributed by atoms with Crippen molar-refractivity contribution < 1.29 is 0 Å². The summed E-state index contributed by atoms with van der Waals surface area (Å²) in [5.74, 6) is 0. The predicted molar refractivity (Wildman–Crippen MR) is 31.4 cm³/mol. The summed E-state index contributed by atoms with van der Waals surface area (Å²) >= 11 is 0. The molecule has 0 unspecified atom stereocenters. The van der Waals surface area contributed by atoms with Crippen LogP contribution in [-0.2, 0) is 0 Å². The molecule has 0 spiro atoms. The van der Waals surface area contributed by atoms with Crippen LogP contribution in [0.4, 0.5) is 0 Å². The highest BCUT2D eigenvalue weighted by Crippen LogP contribution is 1.83. The van der Waals surface area contributed by atoms with Crippen LogP contribution in [0.1, 0.15) is 0 Å². The molecule has 0 saturated carbocycles. The van der Waals surface area contributed by atoms with E-state index in [1.807, 2.05) is 0 Å². The van der Waals surface area contributed by atoms with Crippen LogP contribution in [0.2, 0.25) is 0 Å². The highest BCUT2D eigenvalue weighted by atomic mass is 14.9. The van der Waals surface area contributed by atoms with E-state index in [1.165, 1.54) is 0 Å². The quantitative estimate of drug-likeness (QED) is 0.410. The fraction of sp³-hybridized carbons (Fsp3) is 0.250. The van der Waals surface area contributed by atoms with Gasteiger partial charge in [-0.1, -0.05) is 6.58 Å². The van der Waals surface area contributed by atoms with Gasteiger partial charge in [-0.3, -0.25) is 0 Å². The Morgan fingerprint density at radius 2 is 2.86 bits per heavy atom. The van der Waals surface area contributed by atoms with Crippen molar-refractivity contribution in [2.24, 2.45) is 4.90 Å². The maximum absolute atomic E-state index is 3.85. The van der Waals surface area contributed by atoms with E-state index in [-0.39, 0.29) is 0 Å². The fourth-order valence-electron chi connectivity index (χ4n) is 0.418. The number of nitrogens with zero attached hydrogens (tertiary/aromatic N) is 1. The van der Waals surface area contributed by atoms with Gasteiger partial charge >= 0.3 is 7.41 Å². The summed E-state index contributed by atoms with van der Waals surface area (Å²) in [4.78, 5) is 3.85. The summed E-state index contributed by atoms with van der Waals surface area (Å²) < 4.78 is 0. The van der Waals surface area contributed by atoms with Gasteiger partial charge < -0.3 is 10.2 Å². The molecular weight excluding hydrogens is 86.9 g/mol. The summed E-state index contributed by atoms with van der Waals surface area (Å²) in [6, 6.07) is 0. The molecule has 1 aliphatic rings. The molecule has 0 amide bonds. The topological polar surface area (TPSA) is 24.4 Å². The lowest BCUT2D eigenvalue weighted by Gasteiger charge is -2.05. The maximum atomic E-state index is 3.85. The van der Waals surface area contributed by atoms with Crippen LogP contribution >= 0.6 is 0 Å². The van der Waals surface area contributed by atoms with Gasteiger partial charge in [0.25, 0.3) is 0 Å². The van der Waals surface area contributed by atoms with Crippen LogP contribution in [0, 0.1) is 0 Å². The normalized spacial score (nSPS) is 18.0. The Morgan fingerprint density at radius 3 is 3.14 bits per heavy atom. The van der Waals surface area contributed by atoms with Gasteiger partial charge in [0.1, 0.15) is 0 Å². The maximum Gasteiger partial charge on any atom is 0.329 e. The molecule has 0 bridgehead atoms. The van der Waals surface area contributed by atoms with Gasteiger partial charge in [0.2, 0.25) is 0 Å². The molecule has 2 nitrogen and oxygen atoms in total. The Morgan fingerprint density at radius 1 is 2.00 bits per heavy atom. The molecule has 0 aliphatic carbocycles. The van der Waals surface area contributed by atoms with Crippen molar-refractivity contribution in [2.75, 3.05) is 6.54 Å². The highest BCUT2D eigenvalue weighted by Gasteiger charge is 1.95. The Bertz CT molecular complexity index is 108. The first-order valence-corrected chi connectivity index (χ1v) is 2.17.